The predicted molar refractivity (Wildman–Crippen MR) is 108 cm³/mol. The van der Waals surface area contributed by atoms with Crippen molar-refractivity contribution >= 4 is 63.5 Å². The van der Waals surface area contributed by atoms with Gasteiger partial charge in [-0.25, -0.2) is 0 Å². The van der Waals surface area contributed by atoms with E-state index in [1.54, 1.807) is 36.4 Å². The first-order valence-electron chi connectivity index (χ1n) is 7.53. The minimum atomic E-state index is -0.383. The predicted octanol–water partition coefficient (Wildman–Crippen LogP) is 3.89. The number of thiocarbonyl (C=S) groups is 1. The third-order valence-corrected chi connectivity index (χ3v) is 5.24. The number of hydrogen-bond donors (Lipinski definition) is 2. The van der Waals surface area contributed by atoms with Crippen LogP contribution in [-0.4, -0.2) is 32.7 Å². The molecule has 5 nitrogen and oxygen atoms in total. The van der Waals surface area contributed by atoms with Gasteiger partial charge < -0.3 is 10.4 Å². The van der Waals surface area contributed by atoms with Crippen LogP contribution in [0.2, 0.25) is 5.02 Å². The molecule has 1 aliphatic heterocycles. The van der Waals surface area contributed by atoms with Crippen LogP contribution in [0, 0.1) is 0 Å². The van der Waals surface area contributed by atoms with Crippen LogP contribution in [0.25, 0.3) is 6.08 Å². The number of phenols is 1. The van der Waals surface area contributed by atoms with Crippen LogP contribution in [0.1, 0.15) is 5.56 Å². The highest BCUT2D eigenvalue weighted by atomic mass is 35.5. The first-order valence-corrected chi connectivity index (χ1v) is 9.13. The van der Waals surface area contributed by atoms with E-state index in [2.05, 4.69) is 5.32 Å². The van der Waals surface area contributed by atoms with E-state index in [-0.39, 0.29) is 24.1 Å². The summed E-state index contributed by atoms with van der Waals surface area (Å²) in [4.78, 5) is 26.4. The zero-order chi connectivity index (χ0) is 18.7. The van der Waals surface area contributed by atoms with Gasteiger partial charge in [-0.1, -0.05) is 53.8 Å². The number of nitrogens with one attached hydrogen (secondary N) is 1. The van der Waals surface area contributed by atoms with Gasteiger partial charge in [0, 0.05) is 10.7 Å². The summed E-state index contributed by atoms with van der Waals surface area (Å²) in [5.41, 5.74) is 1.23. The number of aromatic hydroxyl groups is 1. The van der Waals surface area contributed by atoms with Crippen molar-refractivity contribution in [2.45, 2.75) is 0 Å². The molecule has 2 N–H and O–H groups in total. The average molecular weight is 405 g/mol. The second kappa shape index (κ2) is 7.90. The normalized spacial score (nSPS) is 15.6. The maximum atomic E-state index is 12.6. The van der Waals surface area contributed by atoms with Gasteiger partial charge in [0.25, 0.3) is 5.91 Å². The molecule has 1 fully saturated rings. The molecule has 0 saturated carbocycles. The molecule has 132 valence electrons. The summed E-state index contributed by atoms with van der Waals surface area (Å²) < 4.78 is 0.314. The van der Waals surface area contributed by atoms with Crippen LogP contribution in [0.3, 0.4) is 0 Å². The van der Waals surface area contributed by atoms with Crippen LogP contribution in [-0.2, 0) is 9.59 Å². The molecule has 0 aliphatic carbocycles. The van der Waals surface area contributed by atoms with Crippen molar-refractivity contribution in [3.8, 4) is 5.75 Å². The molecule has 2 amide bonds. The standard InChI is InChI=1S/C18H13ClN2O3S2/c19-14-4-2-1-3-11(14)9-15-17(24)21(18(25)26-15)10-16(23)20-12-5-7-13(22)8-6-12/h1-9,22H,10H2,(H,20,23)/b15-9+. The molecule has 0 bridgehead atoms. The van der Waals surface area contributed by atoms with Crippen molar-refractivity contribution in [2.75, 3.05) is 11.9 Å². The molecule has 0 radical (unpaired) electrons. The first-order chi connectivity index (χ1) is 12.4. The number of nitrogens with zero attached hydrogens (tertiary/aromatic N) is 1. The largest absolute Gasteiger partial charge is 0.508 e. The van der Waals surface area contributed by atoms with E-state index in [4.69, 9.17) is 23.8 Å². The fourth-order valence-corrected chi connectivity index (χ4v) is 3.69. The van der Waals surface area contributed by atoms with Crippen molar-refractivity contribution in [3.63, 3.8) is 0 Å². The molecule has 26 heavy (non-hydrogen) atoms. The lowest BCUT2D eigenvalue weighted by Crippen LogP contribution is -2.36. The number of thioether (sulfide) groups is 1. The zero-order valence-corrected chi connectivity index (χ0v) is 15.7. The Morgan fingerprint density at radius 1 is 1.23 bits per heavy atom. The van der Waals surface area contributed by atoms with Crippen molar-refractivity contribution in [2.24, 2.45) is 0 Å². The van der Waals surface area contributed by atoms with Crippen molar-refractivity contribution in [1.82, 2.24) is 4.90 Å². The summed E-state index contributed by atoms with van der Waals surface area (Å²) in [5, 5.41) is 12.4. The van der Waals surface area contributed by atoms with Crippen LogP contribution >= 0.6 is 35.6 Å². The Labute approximate surface area is 164 Å². The quantitative estimate of drug-likeness (QED) is 0.459. The van der Waals surface area contributed by atoms with Gasteiger partial charge in [-0.05, 0) is 42.0 Å². The van der Waals surface area contributed by atoms with Crippen molar-refractivity contribution in [1.29, 1.82) is 0 Å². The summed E-state index contributed by atoms with van der Waals surface area (Å²) in [6.07, 6.45) is 1.67. The summed E-state index contributed by atoms with van der Waals surface area (Å²) in [6, 6.07) is 13.2. The summed E-state index contributed by atoms with van der Waals surface area (Å²) in [7, 11) is 0. The van der Waals surface area contributed by atoms with Crippen molar-refractivity contribution < 1.29 is 14.7 Å². The molecule has 3 rings (SSSR count). The third-order valence-electron chi connectivity index (χ3n) is 3.52. The van der Waals surface area contributed by atoms with E-state index in [1.165, 1.54) is 17.0 Å². The number of phenolic OH excluding ortho intramolecular Hbond substituents is 1. The zero-order valence-electron chi connectivity index (χ0n) is 13.3. The van der Waals surface area contributed by atoms with E-state index >= 15 is 0 Å². The van der Waals surface area contributed by atoms with Gasteiger partial charge in [0.1, 0.15) is 16.6 Å². The minimum absolute atomic E-state index is 0.102. The maximum Gasteiger partial charge on any atom is 0.266 e. The second-order valence-corrected chi connectivity index (χ2v) is 7.47. The van der Waals surface area contributed by atoms with Crippen LogP contribution in [0.5, 0.6) is 5.75 Å². The number of amides is 2. The second-order valence-electron chi connectivity index (χ2n) is 5.38. The van der Waals surface area contributed by atoms with Gasteiger partial charge in [0.05, 0.1) is 4.91 Å². The number of carbonyl (C=O) groups is 2. The van der Waals surface area contributed by atoms with Gasteiger partial charge in [0.2, 0.25) is 5.91 Å². The van der Waals surface area contributed by atoms with E-state index < -0.39 is 0 Å². The Balaban J connectivity index is 1.70. The fourth-order valence-electron chi connectivity index (χ4n) is 2.26. The molecule has 0 aromatic heterocycles. The molecule has 1 aliphatic rings. The SMILES string of the molecule is O=C(CN1C(=O)/C(=C\c2ccccc2Cl)SC1=S)Nc1ccc(O)cc1. The van der Waals surface area contributed by atoms with Gasteiger partial charge in [-0.15, -0.1) is 0 Å². The number of halogens is 1. The molecule has 0 atom stereocenters. The minimum Gasteiger partial charge on any atom is -0.508 e. The molecule has 1 saturated heterocycles. The highest BCUT2D eigenvalue weighted by molar-refractivity contribution is 8.26. The fraction of sp³-hybridized carbons (Fsp3) is 0.0556. The lowest BCUT2D eigenvalue weighted by molar-refractivity contribution is -0.126. The van der Waals surface area contributed by atoms with Gasteiger partial charge >= 0.3 is 0 Å². The highest BCUT2D eigenvalue weighted by Crippen LogP contribution is 2.33. The number of anilines is 1. The number of carbonyl (C=O) groups excluding carboxylic acids is 2. The van der Waals surface area contributed by atoms with E-state index in [0.29, 0.717) is 25.5 Å². The Morgan fingerprint density at radius 3 is 2.62 bits per heavy atom. The smallest absolute Gasteiger partial charge is 0.266 e. The summed E-state index contributed by atoms with van der Waals surface area (Å²) in [6.45, 7) is -0.189. The summed E-state index contributed by atoms with van der Waals surface area (Å²) >= 11 is 12.5. The lowest BCUT2D eigenvalue weighted by atomic mass is 10.2. The molecule has 0 spiro atoms. The Kier molecular flexibility index (Phi) is 5.61. The van der Waals surface area contributed by atoms with Gasteiger partial charge in [-0.2, -0.15) is 0 Å². The van der Waals surface area contributed by atoms with Crippen molar-refractivity contribution in [3.05, 3.63) is 64.0 Å². The Morgan fingerprint density at radius 2 is 1.92 bits per heavy atom. The molecule has 1 heterocycles. The molecule has 8 heteroatoms. The monoisotopic (exact) mass is 404 g/mol. The molecule has 2 aromatic carbocycles. The highest BCUT2D eigenvalue weighted by Gasteiger charge is 2.33. The van der Waals surface area contributed by atoms with Crippen LogP contribution in [0.4, 0.5) is 5.69 Å². The van der Waals surface area contributed by atoms with Crippen LogP contribution < -0.4 is 5.32 Å². The lowest BCUT2D eigenvalue weighted by Gasteiger charge is -2.14. The summed E-state index contributed by atoms with van der Waals surface area (Å²) in [5.74, 6) is -0.614. The Hall–Kier alpha value is -2.35. The first kappa shape index (κ1) is 18.4. The third kappa shape index (κ3) is 4.24. The molecule has 2 aromatic rings. The number of rotatable bonds is 4. The van der Waals surface area contributed by atoms with Gasteiger partial charge in [0.15, 0.2) is 0 Å². The molecular weight excluding hydrogens is 392 g/mol. The average Bonchev–Trinajstić information content (AvgIpc) is 2.86. The number of hydrogen-bond acceptors (Lipinski definition) is 5. The van der Waals surface area contributed by atoms with E-state index in [1.807, 2.05) is 6.07 Å². The van der Waals surface area contributed by atoms with E-state index in [9.17, 15) is 14.7 Å². The van der Waals surface area contributed by atoms with Gasteiger partial charge in [-0.3, -0.25) is 14.5 Å². The molecule has 0 unspecified atom stereocenters. The topological polar surface area (TPSA) is 69.6 Å². The Bertz CT molecular complexity index is 913. The van der Waals surface area contributed by atoms with E-state index in [0.717, 1.165) is 11.8 Å². The molecular formula is C18H13ClN2O3S2. The maximum absolute atomic E-state index is 12.6. The van der Waals surface area contributed by atoms with Crippen LogP contribution in [0.15, 0.2) is 53.4 Å². The number of benzene rings is 2.